The van der Waals surface area contributed by atoms with E-state index < -0.39 is 0 Å². The third-order valence-electron chi connectivity index (χ3n) is 2.45. The molecule has 2 aromatic rings. The Morgan fingerprint density at radius 2 is 2.18 bits per heavy atom. The molecule has 1 N–H and O–H groups in total. The summed E-state index contributed by atoms with van der Waals surface area (Å²) in [6.45, 7) is 7.89. The number of thioether (sulfide) groups is 2. The van der Waals surface area contributed by atoms with Crippen molar-refractivity contribution >= 4 is 45.9 Å². The van der Waals surface area contributed by atoms with Gasteiger partial charge in [0.25, 0.3) is 5.91 Å². The summed E-state index contributed by atoms with van der Waals surface area (Å²) in [6, 6.07) is 7.52. The summed E-state index contributed by atoms with van der Waals surface area (Å²) in [6.07, 6.45) is 1.82. The van der Waals surface area contributed by atoms with E-state index in [1.54, 1.807) is 23.5 Å². The van der Waals surface area contributed by atoms with Gasteiger partial charge in [-0.2, -0.15) is 0 Å². The fourth-order valence-corrected chi connectivity index (χ4v) is 4.36. The molecule has 22 heavy (non-hydrogen) atoms. The van der Waals surface area contributed by atoms with Gasteiger partial charge in [-0.05, 0) is 12.1 Å². The third kappa shape index (κ3) is 4.86. The first kappa shape index (κ1) is 17.1. The minimum absolute atomic E-state index is 0.163. The van der Waals surface area contributed by atoms with Crippen LogP contribution in [0.15, 0.2) is 46.2 Å². The highest BCUT2D eigenvalue weighted by Crippen LogP contribution is 2.29. The normalized spacial score (nSPS) is 10.7. The summed E-state index contributed by atoms with van der Waals surface area (Å²) in [5, 5.41) is 11.9. The van der Waals surface area contributed by atoms with Crippen molar-refractivity contribution in [3.05, 3.63) is 42.5 Å². The molecule has 0 fully saturated rings. The molecule has 116 valence electrons. The molecule has 1 heterocycles. The molecule has 7 heteroatoms. The van der Waals surface area contributed by atoms with Crippen LogP contribution in [0.5, 0.6) is 0 Å². The van der Waals surface area contributed by atoms with E-state index in [1.807, 2.05) is 30.3 Å². The van der Waals surface area contributed by atoms with E-state index in [0.717, 1.165) is 15.0 Å². The van der Waals surface area contributed by atoms with Crippen molar-refractivity contribution in [2.24, 2.45) is 0 Å². The van der Waals surface area contributed by atoms with Crippen molar-refractivity contribution in [1.29, 1.82) is 0 Å². The van der Waals surface area contributed by atoms with Gasteiger partial charge in [0, 0.05) is 15.9 Å². The average molecular weight is 352 g/mol. The minimum atomic E-state index is -0.163. The lowest BCUT2D eigenvalue weighted by atomic mass is 10.2. The number of hydrogen-bond acceptors (Lipinski definition) is 6. The second-order valence-corrected chi connectivity index (χ2v) is 8.45. The zero-order chi connectivity index (χ0) is 15.9. The molecule has 1 aromatic heterocycles. The summed E-state index contributed by atoms with van der Waals surface area (Å²) in [4.78, 5) is 13.3. The summed E-state index contributed by atoms with van der Waals surface area (Å²) in [7, 11) is 0. The fraction of sp³-hybridized carbons (Fsp3) is 0.267. The number of amides is 1. The second-order valence-electron chi connectivity index (χ2n) is 4.59. The van der Waals surface area contributed by atoms with Crippen LogP contribution in [0.3, 0.4) is 0 Å². The number of carbonyl (C=O) groups is 1. The molecule has 2 rings (SSSR count). The second kappa shape index (κ2) is 8.36. The fourth-order valence-electron chi connectivity index (χ4n) is 1.60. The van der Waals surface area contributed by atoms with Crippen molar-refractivity contribution in [3.63, 3.8) is 0 Å². The Labute approximate surface area is 142 Å². The lowest BCUT2D eigenvalue weighted by Gasteiger charge is -2.07. The summed E-state index contributed by atoms with van der Waals surface area (Å²) < 4.78 is 0.861. The lowest BCUT2D eigenvalue weighted by Crippen LogP contribution is -2.12. The number of aromatic nitrogens is 2. The maximum absolute atomic E-state index is 12.4. The number of nitrogens with one attached hydrogen (secondary N) is 1. The molecule has 4 nitrogen and oxygen atoms in total. The molecule has 0 bridgehead atoms. The smallest absolute Gasteiger partial charge is 0.258 e. The zero-order valence-corrected chi connectivity index (χ0v) is 14.9. The Hall–Kier alpha value is -1.31. The number of benzene rings is 1. The van der Waals surface area contributed by atoms with E-state index in [4.69, 9.17) is 0 Å². The summed E-state index contributed by atoms with van der Waals surface area (Å²) >= 11 is 4.61. The van der Waals surface area contributed by atoms with Crippen LogP contribution in [0.1, 0.15) is 24.2 Å². The quantitative estimate of drug-likeness (QED) is 0.450. The number of anilines is 1. The van der Waals surface area contributed by atoms with Gasteiger partial charge in [0.1, 0.15) is 0 Å². The molecule has 0 radical (unpaired) electrons. The average Bonchev–Trinajstić information content (AvgIpc) is 2.91. The predicted molar refractivity (Wildman–Crippen MR) is 96.2 cm³/mol. The monoisotopic (exact) mass is 351 g/mol. The van der Waals surface area contributed by atoms with E-state index in [9.17, 15) is 4.79 Å². The first-order valence-corrected chi connectivity index (χ1v) is 9.42. The molecular weight excluding hydrogens is 334 g/mol. The Morgan fingerprint density at radius 3 is 2.91 bits per heavy atom. The van der Waals surface area contributed by atoms with Crippen LogP contribution in [0.25, 0.3) is 0 Å². The SMILES string of the molecule is C=CCSc1ccccc1C(=O)Nc1nnc(SC(C)C)s1. The van der Waals surface area contributed by atoms with E-state index in [-0.39, 0.29) is 5.91 Å². The third-order valence-corrected chi connectivity index (χ3v) is 5.45. The van der Waals surface area contributed by atoms with Gasteiger partial charge in [-0.3, -0.25) is 10.1 Å². The number of nitrogens with zero attached hydrogens (tertiary/aromatic N) is 2. The van der Waals surface area contributed by atoms with Crippen LogP contribution in [0.2, 0.25) is 0 Å². The Balaban J connectivity index is 2.08. The number of rotatable bonds is 7. The molecule has 0 saturated carbocycles. The van der Waals surface area contributed by atoms with Gasteiger partial charge in [-0.15, -0.1) is 28.5 Å². The van der Waals surface area contributed by atoms with Crippen LogP contribution in [0.4, 0.5) is 5.13 Å². The zero-order valence-electron chi connectivity index (χ0n) is 12.4. The molecule has 0 aliphatic heterocycles. The standard InChI is InChI=1S/C15H17N3OS3/c1-4-9-20-12-8-6-5-7-11(12)13(19)16-14-17-18-15(22-14)21-10(2)3/h4-8,10H,1,9H2,2-3H3,(H,16,17,19). The first-order valence-electron chi connectivity index (χ1n) is 6.74. The topological polar surface area (TPSA) is 54.9 Å². The van der Waals surface area contributed by atoms with Gasteiger partial charge in [0.15, 0.2) is 4.34 Å². The number of carbonyl (C=O) groups excluding carboxylic acids is 1. The summed E-state index contributed by atoms with van der Waals surface area (Å²) in [5.41, 5.74) is 0.641. The van der Waals surface area contributed by atoms with Crippen molar-refractivity contribution < 1.29 is 4.79 Å². The van der Waals surface area contributed by atoms with Crippen LogP contribution < -0.4 is 5.32 Å². The predicted octanol–water partition coefficient (Wildman–Crippen LogP) is 4.57. The van der Waals surface area contributed by atoms with Gasteiger partial charge in [0.2, 0.25) is 5.13 Å². The van der Waals surface area contributed by atoms with Crippen molar-refractivity contribution in [2.45, 2.75) is 28.3 Å². The molecule has 0 aliphatic rings. The minimum Gasteiger partial charge on any atom is -0.296 e. The molecular formula is C15H17N3OS3. The van der Waals surface area contributed by atoms with E-state index in [0.29, 0.717) is 15.9 Å². The number of hydrogen-bond donors (Lipinski definition) is 1. The van der Waals surface area contributed by atoms with E-state index in [1.165, 1.54) is 11.3 Å². The van der Waals surface area contributed by atoms with Crippen LogP contribution in [-0.2, 0) is 0 Å². The van der Waals surface area contributed by atoms with Gasteiger partial charge < -0.3 is 0 Å². The molecule has 0 atom stereocenters. The molecule has 1 aromatic carbocycles. The lowest BCUT2D eigenvalue weighted by molar-refractivity contribution is 0.102. The van der Waals surface area contributed by atoms with Gasteiger partial charge in [0.05, 0.1) is 5.56 Å². The summed E-state index contributed by atoms with van der Waals surface area (Å²) in [5.74, 6) is 0.600. The first-order chi connectivity index (χ1) is 10.6. The Morgan fingerprint density at radius 1 is 1.41 bits per heavy atom. The highest BCUT2D eigenvalue weighted by molar-refractivity contribution is 8.01. The molecule has 0 aliphatic carbocycles. The van der Waals surface area contributed by atoms with Crippen molar-refractivity contribution in [1.82, 2.24) is 10.2 Å². The van der Waals surface area contributed by atoms with Gasteiger partial charge in [-0.1, -0.05) is 55.2 Å². The molecule has 0 unspecified atom stereocenters. The highest BCUT2D eigenvalue weighted by atomic mass is 32.2. The molecule has 0 spiro atoms. The van der Waals surface area contributed by atoms with Crippen LogP contribution >= 0.6 is 34.9 Å². The molecule has 1 amide bonds. The Bertz CT molecular complexity index is 655. The van der Waals surface area contributed by atoms with E-state index >= 15 is 0 Å². The maximum atomic E-state index is 12.4. The van der Waals surface area contributed by atoms with Gasteiger partial charge >= 0.3 is 0 Å². The molecule has 0 saturated heterocycles. The van der Waals surface area contributed by atoms with Crippen LogP contribution in [-0.4, -0.2) is 27.1 Å². The van der Waals surface area contributed by atoms with Crippen molar-refractivity contribution in [3.8, 4) is 0 Å². The van der Waals surface area contributed by atoms with E-state index in [2.05, 4.69) is 35.9 Å². The van der Waals surface area contributed by atoms with Crippen molar-refractivity contribution in [2.75, 3.05) is 11.1 Å². The Kier molecular flexibility index (Phi) is 6.48. The van der Waals surface area contributed by atoms with Crippen LogP contribution in [0, 0.1) is 0 Å². The largest absolute Gasteiger partial charge is 0.296 e. The maximum Gasteiger partial charge on any atom is 0.258 e. The highest BCUT2D eigenvalue weighted by Gasteiger charge is 2.14. The van der Waals surface area contributed by atoms with Gasteiger partial charge in [-0.25, -0.2) is 0 Å².